The van der Waals surface area contributed by atoms with Gasteiger partial charge in [0.25, 0.3) is 5.91 Å². The molecule has 132 valence electrons. The van der Waals surface area contributed by atoms with Gasteiger partial charge in [-0.25, -0.2) is 17.6 Å². The molecule has 2 heterocycles. The number of amides is 1. The van der Waals surface area contributed by atoms with Gasteiger partial charge in [0.2, 0.25) is 0 Å². The van der Waals surface area contributed by atoms with E-state index in [0.717, 1.165) is 29.2 Å². The van der Waals surface area contributed by atoms with E-state index in [4.69, 9.17) is 0 Å². The molecule has 4 rings (SSSR count). The van der Waals surface area contributed by atoms with Gasteiger partial charge in [0, 0.05) is 18.7 Å². The first-order chi connectivity index (χ1) is 12.5. The number of para-hydroxylation sites is 1. The van der Waals surface area contributed by atoms with Crippen molar-refractivity contribution in [1.29, 1.82) is 0 Å². The largest absolute Gasteiger partial charge is 0.358 e. The first-order valence-electron chi connectivity index (χ1n) is 7.89. The van der Waals surface area contributed by atoms with Crippen molar-refractivity contribution in [3.8, 4) is 11.3 Å². The lowest BCUT2D eigenvalue weighted by Gasteiger charge is -2.27. The summed E-state index contributed by atoms with van der Waals surface area (Å²) >= 11 is 0. The van der Waals surface area contributed by atoms with Crippen molar-refractivity contribution in [3.05, 3.63) is 77.0 Å². The van der Waals surface area contributed by atoms with Crippen molar-refractivity contribution >= 4 is 11.6 Å². The molecule has 3 aromatic rings. The predicted octanol–water partition coefficient (Wildman–Crippen LogP) is 4.44. The van der Waals surface area contributed by atoms with Gasteiger partial charge in [-0.05, 0) is 30.3 Å². The Labute approximate surface area is 145 Å². The fourth-order valence-corrected chi connectivity index (χ4v) is 3.21. The Morgan fingerprint density at radius 2 is 1.46 bits per heavy atom. The molecule has 2 aromatic carbocycles. The highest BCUT2D eigenvalue weighted by Gasteiger charge is 2.31. The first-order valence-corrected chi connectivity index (χ1v) is 7.89. The molecule has 0 aliphatic carbocycles. The standard InChI is InChI=1S/C19H12F4N2O/c20-11-3-1-4-12(21)17(11)16-9-10-15(24-16)7-8-25(19(10)26)18-13(22)5-2-6-14(18)23/h1-6,9,24H,7-8H2. The number of carbonyl (C=O) groups is 1. The zero-order valence-electron chi connectivity index (χ0n) is 13.3. The number of anilines is 1. The van der Waals surface area contributed by atoms with E-state index in [1.165, 1.54) is 18.2 Å². The van der Waals surface area contributed by atoms with Crippen LogP contribution in [0.1, 0.15) is 16.1 Å². The Morgan fingerprint density at radius 3 is 2.08 bits per heavy atom. The number of hydrogen-bond acceptors (Lipinski definition) is 1. The number of benzene rings is 2. The maximum atomic E-state index is 14.0. The minimum atomic E-state index is -0.849. The van der Waals surface area contributed by atoms with Crippen LogP contribution in [-0.2, 0) is 6.42 Å². The van der Waals surface area contributed by atoms with Crippen molar-refractivity contribution in [1.82, 2.24) is 4.98 Å². The Balaban J connectivity index is 1.78. The zero-order chi connectivity index (χ0) is 18.4. The van der Waals surface area contributed by atoms with Crippen molar-refractivity contribution in [3.63, 3.8) is 0 Å². The van der Waals surface area contributed by atoms with Gasteiger partial charge in [0.05, 0.1) is 16.8 Å². The number of halogens is 4. The van der Waals surface area contributed by atoms with Gasteiger partial charge in [-0.15, -0.1) is 0 Å². The van der Waals surface area contributed by atoms with Crippen LogP contribution in [0.5, 0.6) is 0 Å². The number of carbonyl (C=O) groups excluding carboxylic acids is 1. The van der Waals surface area contributed by atoms with E-state index in [0.29, 0.717) is 5.69 Å². The summed E-state index contributed by atoms with van der Waals surface area (Å²) in [4.78, 5) is 16.6. The molecule has 0 radical (unpaired) electrons. The second-order valence-corrected chi connectivity index (χ2v) is 5.95. The summed E-state index contributed by atoms with van der Waals surface area (Å²) in [5, 5.41) is 0. The summed E-state index contributed by atoms with van der Waals surface area (Å²) in [7, 11) is 0. The number of aromatic amines is 1. The second kappa shape index (κ2) is 6.01. The summed E-state index contributed by atoms with van der Waals surface area (Å²) in [5.74, 6) is -3.87. The average molecular weight is 360 g/mol. The number of rotatable bonds is 2. The topological polar surface area (TPSA) is 36.1 Å². The predicted molar refractivity (Wildman–Crippen MR) is 87.9 cm³/mol. The minimum absolute atomic E-state index is 0.0450. The molecular weight excluding hydrogens is 348 g/mol. The lowest BCUT2D eigenvalue weighted by Crippen LogP contribution is -2.38. The normalized spacial score (nSPS) is 13.8. The molecule has 0 spiro atoms. The first kappa shape index (κ1) is 16.4. The Morgan fingerprint density at radius 1 is 0.885 bits per heavy atom. The smallest absolute Gasteiger partial charge is 0.260 e. The summed E-state index contributed by atoms with van der Waals surface area (Å²) in [6.45, 7) is 0.0450. The van der Waals surface area contributed by atoms with E-state index in [1.807, 2.05) is 0 Å². The minimum Gasteiger partial charge on any atom is -0.358 e. The van der Waals surface area contributed by atoms with Crippen LogP contribution in [0.3, 0.4) is 0 Å². The monoisotopic (exact) mass is 360 g/mol. The molecule has 0 fully saturated rings. The number of nitrogens with zero attached hydrogens (tertiary/aromatic N) is 1. The van der Waals surface area contributed by atoms with Crippen molar-refractivity contribution in [2.45, 2.75) is 6.42 Å². The number of nitrogens with one attached hydrogen (secondary N) is 1. The number of hydrogen-bond donors (Lipinski definition) is 1. The average Bonchev–Trinajstić information content (AvgIpc) is 3.01. The summed E-state index contributed by atoms with van der Waals surface area (Å²) < 4.78 is 56.0. The number of fused-ring (bicyclic) bond motifs is 1. The van der Waals surface area contributed by atoms with Crippen molar-refractivity contribution in [2.75, 3.05) is 11.4 Å². The van der Waals surface area contributed by atoms with Crippen molar-refractivity contribution in [2.24, 2.45) is 0 Å². The lowest BCUT2D eigenvalue weighted by atomic mass is 10.0. The zero-order valence-corrected chi connectivity index (χ0v) is 13.3. The molecule has 0 atom stereocenters. The maximum Gasteiger partial charge on any atom is 0.260 e. The van der Waals surface area contributed by atoms with Gasteiger partial charge in [0.15, 0.2) is 0 Å². The molecule has 7 heteroatoms. The molecule has 0 saturated heterocycles. The van der Waals surface area contributed by atoms with E-state index in [1.54, 1.807) is 0 Å². The van der Waals surface area contributed by atoms with Crippen LogP contribution in [0.15, 0.2) is 42.5 Å². The molecule has 26 heavy (non-hydrogen) atoms. The molecule has 1 aliphatic rings. The van der Waals surface area contributed by atoms with Crippen LogP contribution in [0.4, 0.5) is 23.2 Å². The highest BCUT2D eigenvalue weighted by Crippen LogP contribution is 2.33. The number of aromatic nitrogens is 1. The molecule has 3 nitrogen and oxygen atoms in total. The molecule has 1 amide bonds. The molecular formula is C19H12F4N2O. The van der Waals surface area contributed by atoms with Crippen LogP contribution < -0.4 is 4.90 Å². The van der Waals surface area contributed by atoms with Crippen LogP contribution >= 0.6 is 0 Å². The van der Waals surface area contributed by atoms with Gasteiger partial charge in [-0.2, -0.15) is 0 Å². The highest BCUT2D eigenvalue weighted by molar-refractivity contribution is 6.08. The van der Waals surface area contributed by atoms with E-state index in [9.17, 15) is 22.4 Å². The lowest BCUT2D eigenvalue weighted by molar-refractivity contribution is 0.0978. The molecule has 0 bridgehead atoms. The van der Waals surface area contributed by atoms with E-state index in [-0.39, 0.29) is 29.8 Å². The van der Waals surface area contributed by atoms with Crippen molar-refractivity contribution < 1.29 is 22.4 Å². The van der Waals surface area contributed by atoms with Crippen LogP contribution in [0.2, 0.25) is 0 Å². The third-order valence-corrected chi connectivity index (χ3v) is 4.40. The van der Waals surface area contributed by atoms with Crippen LogP contribution in [0, 0.1) is 23.3 Å². The Hall–Kier alpha value is -3.09. The molecule has 1 N–H and O–H groups in total. The summed E-state index contributed by atoms with van der Waals surface area (Å²) in [5.41, 5.74) is 0.00769. The fraction of sp³-hybridized carbons (Fsp3) is 0.105. The molecule has 0 unspecified atom stereocenters. The third kappa shape index (κ3) is 2.47. The Bertz CT molecular complexity index is 988. The van der Waals surface area contributed by atoms with Crippen LogP contribution in [-0.4, -0.2) is 17.4 Å². The SMILES string of the molecule is O=C1c2cc(-c3c(F)cccc3F)[nH]c2CCN1c1c(F)cccc1F. The summed E-state index contributed by atoms with van der Waals surface area (Å²) in [6, 6.07) is 8.12. The quantitative estimate of drug-likeness (QED) is 0.674. The third-order valence-electron chi connectivity index (χ3n) is 4.40. The van der Waals surface area contributed by atoms with Gasteiger partial charge in [0.1, 0.15) is 29.0 Å². The Kier molecular flexibility index (Phi) is 3.79. The van der Waals surface area contributed by atoms with Gasteiger partial charge in [-0.3, -0.25) is 4.79 Å². The molecule has 1 aromatic heterocycles. The van der Waals surface area contributed by atoms with E-state index >= 15 is 0 Å². The highest BCUT2D eigenvalue weighted by atomic mass is 19.1. The number of H-pyrrole nitrogens is 1. The van der Waals surface area contributed by atoms with Gasteiger partial charge >= 0.3 is 0 Å². The van der Waals surface area contributed by atoms with Crippen LogP contribution in [0.25, 0.3) is 11.3 Å². The summed E-state index contributed by atoms with van der Waals surface area (Å²) in [6.07, 6.45) is 0.269. The second-order valence-electron chi connectivity index (χ2n) is 5.95. The van der Waals surface area contributed by atoms with Gasteiger partial charge in [-0.1, -0.05) is 12.1 Å². The van der Waals surface area contributed by atoms with E-state index < -0.39 is 34.9 Å². The van der Waals surface area contributed by atoms with E-state index in [2.05, 4.69) is 4.98 Å². The maximum absolute atomic E-state index is 14.0. The fourth-order valence-electron chi connectivity index (χ4n) is 3.21. The van der Waals surface area contributed by atoms with Gasteiger partial charge < -0.3 is 9.88 Å². The molecule has 1 aliphatic heterocycles. The molecule has 0 saturated carbocycles.